The fourth-order valence-corrected chi connectivity index (χ4v) is 2.34. The number of aromatic amines is 1. The zero-order valence-corrected chi connectivity index (χ0v) is 10.2. The van der Waals surface area contributed by atoms with Crippen molar-refractivity contribution in [2.45, 2.75) is 19.8 Å². The third-order valence-electron chi connectivity index (χ3n) is 2.83. The van der Waals surface area contributed by atoms with Crippen molar-refractivity contribution >= 4 is 21.7 Å². The molecule has 5 heteroatoms. The maximum absolute atomic E-state index is 11.2. The molecule has 1 aromatic heterocycles. The number of hydrogen-bond acceptors (Lipinski definition) is 3. The van der Waals surface area contributed by atoms with Crippen molar-refractivity contribution < 1.29 is 0 Å². The van der Waals surface area contributed by atoms with Gasteiger partial charge in [0.1, 0.15) is 10.3 Å². The Bertz CT molecular complexity index is 398. The number of H-pyrrole nitrogens is 1. The largest absolute Gasteiger partial charge is 0.369 e. The minimum Gasteiger partial charge on any atom is -0.369 e. The predicted octanol–water partition coefficient (Wildman–Crippen LogP) is 1.99. The molecule has 0 saturated heterocycles. The molecule has 1 heterocycles. The van der Waals surface area contributed by atoms with Gasteiger partial charge in [0.25, 0.3) is 5.56 Å². The summed E-state index contributed by atoms with van der Waals surface area (Å²) < 4.78 is 0.484. The van der Waals surface area contributed by atoms with Gasteiger partial charge in [-0.2, -0.15) is 0 Å². The van der Waals surface area contributed by atoms with E-state index in [9.17, 15) is 4.79 Å². The van der Waals surface area contributed by atoms with Gasteiger partial charge in [0, 0.05) is 6.54 Å². The van der Waals surface area contributed by atoms with Gasteiger partial charge in [-0.3, -0.25) is 4.79 Å². The third kappa shape index (κ3) is 2.40. The van der Waals surface area contributed by atoms with Crippen molar-refractivity contribution in [1.82, 2.24) is 9.97 Å². The molecule has 0 amide bonds. The summed E-state index contributed by atoms with van der Waals surface area (Å²) in [4.78, 5) is 17.8. The Labute approximate surface area is 96.6 Å². The molecule has 0 aliphatic heterocycles. The topological polar surface area (TPSA) is 57.8 Å². The Hall–Kier alpha value is -0.840. The lowest BCUT2D eigenvalue weighted by Gasteiger charge is -2.32. The van der Waals surface area contributed by atoms with Crippen molar-refractivity contribution in [2.75, 3.05) is 11.9 Å². The molecule has 1 aliphatic carbocycles. The van der Waals surface area contributed by atoms with E-state index in [2.05, 4.69) is 38.1 Å². The normalized spacial score (nSPS) is 24.7. The monoisotopic (exact) mass is 271 g/mol. The maximum Gasteiger partial charge on any atom is 0.267 e. The molecule has 1 aliphatic rings. The van der Waals surface area contributed by atoms with E-state index in [-0.39, 0.29) is 5.56 Å². The summed E-state index contributed by atoms with van der Waals surface area (Å²) in [5.74, 6) is 2.22. The van der Waals surface area contributed by atoms with Crippen molar-refractivity contribution in [2.24, 2.45) is 11.8 Å². The predicted molar refractivity (Wildman–Crippen MR) is 62.9 cm³/mol. The highest BCUT2D eigenvalue weighted by atomic mass is 79.9. The molecule has 0 atom stereocenters. The molecule has 2 rings (SSSR count). The number of nitrogens with zero attached hydrogens (tertiary/aromatic N) is 1. The maximum atomic E-state index is 11.2. The highest BCUT2D eigenvalue weighted by Gasteiger charge is 2.25. The zero-order chi connectivity index (χ0) is 10.8. The molecule has 1 saturated carbocycles. The van der Waals surface area contributed by atoms with E-state index in [0.29, 0.717) is 10.3 Å². The molecule has 0 radical (unpaired) electrons. The summed E-state index contributed by atoms with van der Waals surface area (Å²) in [5.41, 5.74) is -0.144. The van der Waals surface area contributed by atoms with Gasteiger partial charge in [0.05, 0.1) is 6.33 Å². The standard InChI is InChI=1S/C10H14BrN3O/c1-6-2-7(3-6)4-12-9-8(11)10(15)14-5-13-9/h5-7H,2-4H2,1H3,(H2,12,13,14,15). The molecule has 4 nitrogen and oxygen atoms in total. The van der Waals surface area contributed by atoms with E-state index in [1.807, 2.05) is 0 Å². The number of nitrogens with one attached hydrogen (secondary N) is 2. The van der Waals surface area contributed by atoms with Crippen molar-refractivity contribution in [3.05, 3.63) is 21.2 Å². The Morgan fingerprint density at radius 2 is 2.40 bits per heavy atom. The summed E-state index contributed by atoms with van der Waals surface area (Å²) in [6.07, 6.45) is 3.96. The van der Waals surface area contributed by atoms with Crippen LogP contribution in [0, 0.1) is 11.8 Å². The first-order valence-corrected chi connectivity index (χ1v) is 5.93. The molecule has 1 fully saturated rings. The molecular formula is C10H14BrN3O. The van der Waals surface area contributed by atoms with Crippen LogP contribution < -0.4 is 10.9 Å². The van der Waals surface area contributed by atoms with E-state index < -0.39 is 0 Å². The molecule has 0 aromatic carbocycles. The molecular weight excluding hydrogens is 258 g/mol. The first-order valence-electron chi connectivity index (χ1n) is 5.14. The van der Waals surface area contributed by atoms with Crippen LogP contribution in [0.1, 0.15) is 19.8 Å². The quantitative estimate of drug-likeness (QED) is 0.884. The lowest BCUT2D eigenvalue weighted by Crippen LogP contribution is -2.28. The van der Waals surface area contributed by atoms with E-state index in [1.165, 1.54) is 19.2 Å². The van der Waals surface area contributed by atoms with Crippen LogP contribution in [0.15, 0.2) is 15.6 Å². The van der Waals surface area contributed by atoms with Gasteiger partial charge in [-0.1, -0.05) is 6.92 Å². The minimum atomic E-state index is -0.144. The molecule has 0 unspecified atom stereocenters. The number of hydrogen-bond donors (Lipinski definition) is 2. The van der Waals surface area contributed by atoms with Gasteiger partial charge >= 0.3 is 0 Å². The molecule has 15 heavy (non-hydrogen) atoms. The van der Waals surface area contributed by atoms with Gasteiger partial charge in [0.15, 0.2) is 0 Å². The Balaban J connectivity index is 1.93. The zero-order valence-electron chi connectivity index (χ0n) is 8.59. The Morgan fingerprint density at radius 1 is 1.67 bits per heavy atom. The van der Waals surface area contributed by atoms with Crippen LogP contribution in [0.25, 0.3) is 0 Å². The summed E-state index contributed by atoms with van der Waals surface area (Å²) >= 11 is 3.21. The Morgan fingerprint density at radius 3 is 3.07 bits per heavy atom. The van der Waals surface area contributed by atoms with Crippen LogP contribution in [0.2, 0.25) is 0 Å². The Kier molecular flexibility index (Phi) is 3.09. The van der Waals surface area contributed by atoms with E-state index >= 15 is 0 Å². The number of halogens is 1. The smallest absolute Gasteiger partial charge is 0.267 e. The van der Waals surface area contributed by atoms with Gasteiger partial charge in [-0.25, -0.2) is 4.98 Å². The van der Waals surface area contributed by atoms with Gasteiger partial charge < -0.3 is 10.3 Å². The number of anilines is 1. The highest BCUT2D eigenvalue weighted by molar-refractivity contribution is 9.10. The minimum absolute atomic E-state index is 0.144. The lowest BCUT2D eigenvalue weighted by atomic mass is 9.76. The number of aromatic nitrogens is 2. The first kappa shape index (κ1) is 10.7. The van der Waals surface area contributed by atoms with Crippen LogP contribution in [0.5, 0.6) is 0 Å². The lowest BCUT2D eigenvalue weighted by molar-refractivity contribution is 0.225. The number of rotatable bonds is 3. The molecule has 82 valence electrons. The summed E-state index contributed by atoms with van der Waals surface area (Å²) in [6.45, 7) is 3.16. The summed E-state index contributed by atoms with van der Waals surface area (Å²) in [5, 5.41) is 3.20. The molecule has 1 aromatic rings. The molecule has 2 N–H and O–H groups in total. The third-order valence-corrected chi connectivity index (χ3v) is 3.56. The first-order chi connectivity index (χ1) is 7.16. The average Bonchev–Trinajstić information content (AvgIpc) is 2.17. The van der Waals surface area contributed by atoms with Crippen molar-refractivity contribution in [1.29, 1.82) is 0 Å². The van der Waals surface area contributed by atoms with Crippen molar-refractivity contribution in [3.63, 3.8) is 0 Å². The second kappa shape index (κ2) is 4.35. The second-order valence-electron chi connectivity index (χ2n) is 4.22. The van der Waals surface area contributed by atoms with Crippen LogP contribution in [0.3, 0.4) is 0 Å². The second-order valence-corrected chi connectivity index (χ2v) is 5.01. The van der Waals surface area contributed by atoms with Crippen LogP contribution >= 0.6 is 15.9 Å². The van der Waals surface area contributed by atoms with Crippen LogP contribution in [-0.4, -0.2) is 16.5 Å². The molecule has 0 spiro atoms. The van der Waals surface area contributed by atoms with E-state index in [4.69, 9.17) is 0 Å². The molecule has 0 bridgehead atoms. The van der Waals surface area contributed by atoms with Crippen LogP contribution in [-0.2, 0) is 0 Å². The van der Waals surface area contributed by atoms with Crippen LogP contribution in [0.4, 0.5) is 5.82 Å². The summed E-state index contributed by atoms with van der Waals surface area (Å²) in [6, 6.07) is 0. The highest BCUT2D eigenvalue weighted by Crippen LogP contribution is 2.33. The van der Waals surface area contributed by atoms with Gasteiger partial charge in [-0.05, 0) is 40.6 Å². The van der Waals surface area contributed by atoms with Gasteiger partial charge in [-0.15, -0.1) is 0 Å². The average molecular weight is 272 g/mol. The SMILES string of the molecule is CC1CC(CNc2nc[nH]c(=O)c2Br)C1. The van der Waals surface area contributed by atoms with E-state index in [1.54, 1.807) is 0 Å². The van der Waals surface area contributed by atoms with E-state index in [0.717, 1.165) is 18.4 Å². The fraction of sp³-hybridized carbons (Fsp3) is 0.600. The van der Waals surface area contributed by atoms with Gasteiger partial charge in [0.2, 0.25) is 0 Å². The van der Waals surface area contributed by atoms with Crippen molar-refractivity contribution in [3.8, 4) is 0 Å². The fourth-order valence-electron chi connectivity index (χ4n) is 1.98. The summed E-state index contributed by atoms with van der Waals surface area (Å²) in [7, 11) is 0.